The lowest BCUT2D eigenvalue weighted by atomic mass is 10.0. The standard InChI is InChI=1S/C18H32N4O3.C6H13N.C4H10.CH2O2/c1-14(2)16(20(3)17(24)11-19-13-23)12-22-10-6-7-15(22)18(25)21-8-4-5-9-21;1-7-5-3-2-4-6-7;1-4(2)3;2-1-3/h13-16H,4-12H2,1-3H3,(H,19,23);2-6H2,1H3;4H,1-3H3;1H,(H,2,3)/t15-,16+;;;/m0.../s1. The van der Waals surface area contributed by atoms with Gasteiger partial charge in [-0.3, -0.25) is 24.1 Å². The van der Waals surface area contributed by atoms with Crippen molar-refractivity contribution >= 4 is 24.7 Å². The number of hydrogen-bond donors (Lipinski definition) is 2. The van der Waals surface area contributed by atoms with Gasteiger partial charge in [0.2, 0.25) is 18.2 Å². The number of likely N-dealkylation sites (tertiary alicyclic amines) is 3. The second-order valence-corrected chi connectivity index (χ2v) is 11.7. The molecule has 0 saturated carbocycles. The summed E-state index contributed by atoms with van der Waals surface area (Å²) in [5, 5.41) is 9.32. The number of piperidine rings is 1. The van der Waals surface area contributed by atoms with Crippen molar-refractivity contribution in [2.24, 2.45) is 11.8 Å². The summed E-state index contributed by atoms with van der Waals surface area (Å²) in [5.41, 5.74) is 0. The number of hydrogen-bond acceptors (Lipinski definition) is 6. The molecule has 0 radical (unpaired) electrons. The minimum atomic E-state index is -0.250. The van der Waals surface area contributed by atoms with Crippen molar-refractivity contribution in [1.82, 2.24) is 24.9 Å². The van der Waals surface area contributed by atoms with Crippen LogP contribution in [0.2, 0.25) is 0 Å². The van der Waals surface area contributed by atoms with E-state index >= 15 is 0 Å². The van der Waals surface area contributed by atoms with E-state index in [2.05, 4.69) is 56.8 Å². The Morgan fingerprint density at radius 3 is 1.87 bits per heavy atom. The first kappa shape index (κ1) is 36.8. The SMILES string of the molecule is CC(C)C.CC(C)[C@@H](CN1CCC[C@H]1C(=O)N1CCCC1)N(C)C(=O)CNC=O.CN1CCCCC1.O=CO. The van der Waals surface area contributed by atoms with E-state index in [1.807, 2.05) is 4.90 Å². The van der Waals surface area contributed by atoms with E-state index in [0.717, 1.165) is 51.2 Å². The number of nitrogens with zero attached hydrogens (tertiary/aromatic N) is 4. The van der Waals surface area contributed by atoms with Crippen LogP contribution in [-0.4, -0.2) is 121 Å². The fourth-order valence-corrected chi connectivity index (χ4v) is 4.98. The Kier molecular flexibility index (Phi) is 20.4. The summed E-state index contributed by atoms with van der Waals surface area (Å²) < 4.78 is 0. The van der Waals surface area contributed by atoms with E-state index in [1.165, 1.54) is 32.4 Å². The lowest BCUT2D eigenvalue weighted by Gasteiger charge is -2.37. The highest BCUT2D eigenvalue weighted by molar-refractivity contribution is 5.82. The highest BCUT2D eigenvalue weighted by Crippen LogP contribution is 2.24. The molecule has 228 valence electrons. The summed E-state index contributed by atoms with van der Waals surface area (Å²) >= 11 is 0. The van der Waals surface area contributed by atoms with Crippen LogP contribution in [0, 0.1) is 11.8 Å². The van der Waals surface area contributed by atoms with Crippen LogP contribution in [0.3, 0.4) is 0 Å². The summed E-state index contributed by atoms with van der Waals surface area (Å²) in [4.78, 5) is 52.2. The van der Waals surface area contributed by atoms with E-state index < -0.39 is 0 Å². The van der Waals surface area contributed by atoms with Crippen molar-refractivity contribution in [2.45, 2.75) is 91.6 Å². The molecule has 0 aromatic carbocycles. The monoisotopic (exact) mass is 555 g/mol. The van der Waals surface area contributed by atoms with Crippen molar-refractivity contribution in [3.63, 3.8) is 0 Å². The molecule has 0 aliphatic carbocycles. The number of amides is 3. The highest BCUT2D eigenvalue weighted by Gasteiger charge is 2.37. The third-order valence-electron chi connectivity index (χ3n) is 7.06. The first-order valence-electron chi connectivity index (χ1n) is 14.7. The molecule has 3 aliphatic rings. The molecule has 0 spiro atoms. The van der Waals surface area contributed by atoms with Crippen molar-refractivity contribution in [3.8, 4) is 0 Å². The van der Waals surface area contributed by atoms with Gasteiger partial charge >= 0.3 is 0 Å². The van der Waals surface area contributed by atoms with Crippen LogP contribution in [0.1, 0.15) is 79.6 Å². The largest absolute Gasteiger partial charge is 0.483 e. The van der Waals surface area contributed by atoms with Crippen molar-refractivity contribution in [1.29, 1.82) is 0 Å². The van der Waals surface area contributed by atoms with Gasteiger partial charge in [0.25, 0.3) is 6.47 Å². The molecule has 3 fully saturated rings. The molecule has 0 aromatic heterocycles. The lowest BCUT2D eigenvalue weighted by molar-refractivity contribution is -0.136. The van der Waals surface area contributed by atoms with E-state index in [4.69, 9.17) is 9.90 Å². The second kappa shape index (κ2) is 21.6. The minimum absolute atomic E-state index is 0.0133. The minimum Gasteiger partial charge on any atom is -0.483 e. The Labute approximate surface area is 237 Å². The second-order valence-electron chi connectivity index (χ2n) is 11.7. The van der Waals surface area contributed by atoms with Gasteiger partial charge in [-0.2, -0.15) is 0 Å². The molecule has 3 aliphatic heterocycles. The van der Waals surface area contributed by atoms with Crippen molar-refractivity contribution in [2.75, 3.05) is 59.9 Å². The average Bonchev–Trinajstić information content (AvgIpc) is 3.58. The predicted octanol–water partition coefficient (Wildman–Crippen LogP) is 2.77. The van der Waals surface area contributed by atoms with Gasteiger partial charge in [0.15, 0.2) is 0 Å². The fourth-order valence-electron chi connectivity index (χ4n) is 4.98. The van der Waals surface area contributed by atoms with Gasteiger partial charge in [-0.05, 0) is 77.0 Å². The van der Waals surface area contributed by atoms with E-state index in [9.17, 15) is 14.4 Å². The number of carbonyl (C=O) groups is 4. The lowest BCUT2D eigenvalue weighted by Crippen LogP contribution is -2.53. The molecule has 3 heterocycles. The molecule has 3 saturated heterocycles. The molecule has 0 aromatic rings. The molecule has 0 unspecified atom stereocenters. The average molecular weight is 556 g/mol. The van der Waals surface area contributed by atoms with Crippen LogP contribution in [0.15, 0.2) is 0 Å². The molecule has 2 N–H and O–H groups in total. The van der Waals surface area contributed by atoms with Crippen LogP contribution >= 0.6 is 0 Å². The van der Waals surface area contributed by atoms with Gasteiger partial charge in [0.05, 0.1) is 12.6 Å². The van der Waals surface area contributed by atoms with Gasteiger partial charge in [0, 0.05) is 32.7 Å². The zero-order chi connectivity index (χ0) is 29.8. The maximum absolute atomic E-state index is 12.8. The maximum atomic E-state index is 12.8. The van der Waals surface area contributed by atoms with Crippen LogP contribution in [0.5, 0.6) is 0 Å². The van der Waals surface area contributed by atoms with Crippen LogP contribution in [0.4, 0.5) is 0 Å². The van der Waals surface area contributed by atoms with Crippen molar-refractivity contribution in [3.05, 3.63) is 0 Å². The van der Waals surface area contributed by atoms with E-state index in [0.29, 0.717) is 13.0 Å². The normalized spacial score (nSPS) is 20.0. The zero-order valence-electron chi connectivity index (χ0n) is 25.7. The van der Waals surface area contributed by atoms with Crippen LogP contribution in [0.25, 0.3) is 0 Å². The Hall–Kier alpha value is -2.20. The summed E-state index contributed by atoms with van der Waals surface area (Å²) in [7, 11) is 3.98. The quantitative estimate of drug-likeness (QED) is 0.443. The number of carboxylic acid groups (broad SMARTS) is 1. The molecule has 10 nitrogen and oxygen atoms in total. The third kappa shape index (κ3) is 15.8. The van der Waals surface area contributed by atoms with Crippen LogP contribution < -0.4 is 5.32 Å². The summed E-state index contributed by atoms with van der Waals surface area (Å²) in [6, 6.07) is -0.0242. The first-order chi connectivity index (χ1) is 18.5. The molecule has 3 rings (SSSR count). The smallest absolute Gasteiger partial charge is 0.290 e. The Bertz CT molecular complexity index is 676. The maximum Gasteiger partial charge on any atom is 0.290 e. The topological polar surface area (TPSA) is 114 Å². The van der Waals surface area contributed by atoms with E-state index in [1.54, 1.807) is 11.9 Å². The molecule has 0 bridgehead atoms. The van der Waals surface area contributed by atoms with Crippen molar-refractivity contribution < 1.29 is 24.3 Å². The fraction of sp³-hybridized carbons (Fsp3) is 0.862. The Morgan fingerprint density at radius 1 is 0.923 bits per heavy atom. The summed E-state index contributed by atoms with van der Waals surface area (Å²) in [6.45, 7) is 16.5. The van der Waals surface area contributed by atoms with Crippen LogP contribution in [-0.2, 0) is 19.2 Å². The Balaban J connectivity index is 0.000000843. The van der Waals surface area contributed by atoms with Gasteiger partial charge < -0.3 is 25.1 Å². The highest BCUT2D eigenvalue weighted by atomic mass is 16.3. The molecule has 2 atom stereocenters. The van der Waals surface area contributed by atoms with Gasteiger partial charge in [-0.15, -0.1) is 0 Å². The third-order valence-corrected chi connectivity index (χ3v) is 7.06. The number of likely N-dealkylation sites (N-methyl/N-ethyl adjacent to an activating group) is 1. The van der Waals surface area contributed by atoms with E-state index in [-0.39, 0.29) is 42.8 Å². The zero-order valence-corrected chi connectivity index (χ0v) is 25.7. The van der Waals surface area contributed by atoms with Gasteiger partial charge in [0.1, 0.15) is 0 Å². The molecule has 39 heavy (non-hydrogen) atoms. The van der Waals surface area contributed by atoms with Gasteiger partial charge in [-0.25, -0.2) is 0 Å². The molecule has 10 heteroatoms. The first-order valence-corrected chi connectivity index (χ1v) is 14.7. The summed E-state index contributed by atoms with van der Waals surface area (Å²) in [5.74, 6) is 1.26. The van der Waals surface area contributed by atoms with Gasteiger partial charge in [-0.1, -0.05) is 41.0 Å². The molecule has 3 amide bonds. The summed E-state index contributed by atoms with van der Waals surface area (Å²) in [6.07, 6.45) is 8.96. The molecular weight excluding hydrogens is 498 g/mol. The number of nitrogens with one attached hydrogen (secondary N) is 1. The number of rotatable bonds is 8. The Morgan fingerprint density at radius 2 is 1.44 bits per heavy atom. The number of carbonyl (C=O) groups excluding carboxylic acids is 3. The molecular formula is C29H57N5O5. The predicted molar refractivity (Wildman–Crippen MR) is 156 cm³/mol.